The highest BCUT2D eigenvalue weighted by Crippen LogP contribution is 2.42. The molecular weight excluding hydrogens is 895 g/mol. The number of nitrogens with one attached hydrogen (secondary N) is 3. The normalized spacial score (nSPS) is 21.3. The molecule has 6 aromatic rings. The Kier molecular flexibility index (Phi) is 12.0. The van der Waals surface area contributed by atoms with Gasteiger partial charge in [0.15, 0.2) is 5.65 Å². The van der Waals surface area contributed by atoms with E-state index in [1.807, 2.05) is 24.1 Å². The average molecular weight is 950 g/mol. The van der Waals surface area contributed by atoms with Crippen molar-refractivity contribution in [2.75, 3.05) is 60.9 Å². The van der Waals surface area contributed by atoms with Crippen LogP contribution in [0.15, 0.2) is 72.9 Å². The SMILES string of the molecule is Cc1cc(N2CC[C@](C)(c3ccccc3)C2)cn2nc(C(=O)N3CC[C@@]4(CCN(c5cc([N+](=O)[O-])cc(C(=O)NCCCCC(=O)Nc6ccc7c(C8CCC(=O)NC8=O)nn(C)c7c6)n5)C4)C3)nc12. The van der Waals surface area contributed by atoms with E-state index in [9.17, 15) is 34.1 Å². The van der Waals surface area contributed by atoms with E-state index in [1.54, 1.807) is 39.3 Å². The van der Waals surface area contributed by atoms with Gasteiger partial charge in [0, 0.05) is 93.7 Å². The van der Waals surface area contributed by atoms with Crippen molar-refractivity contribution >= 4 is 69.0 Å². The van der Waals surface area contributed by atoms with Crippen molar-refractivity contribution in [1.82, 2.24) is 44.9 Å². The molecule has 3 N–H and O–H groups in total. The lowest BCUT2D eigenvalue weighted by Crippen LogP contribution is -2.39. The van der Waals surface area contributed by atoms with Crippen LogP contribution in [0.3, 0.4) is 0 Å². The predicted molar refractivity (Wildman–Crippen MR) is 260 cm³/mol. The number of amides is 5. The Morgan fingerprint density at radius 2 is 1.71 bits per heavy atom. The molecule has 0 bridgehead atoms. The van der Waals surface area contributed by atoms with E-state index in [4.69, 9.17) is 4.98 Å². The number of piperidine rings is 1. The van der Waals surface area contributed by atoms with Gasteiger partial charge in [-0.05, 0) is 80.8 Å². The number of nitrogens with zero attached hydrogens (tertiary/aromatic N) is 10. The summed E-state index contributed by atoms with van der Waals surface area (Å²) in [4.78, 5) is 91.3. The molecule has 4 aliphatic rings. The topological polar surface area (TPSA) is 235 Å². The second-order valence-electron chi connectivity index (χ2n) is 19.7. The zero-order chi connectivity index (χ0) is 48.9. The predicted octanol–water partition coefficient (Wildman–Crippen LogP) is 5.20. The molecule has 4 fully saturated rings. The van der Waals surface area contributed by atoms with Gasteiger partial charge in [0.25, 0.3) is 17.5 Å². The lowest BCUT2D eigenvalue weighted by Gasteiger charge is -2.26. The Bertz CT molecular complexity index is 3100. The third kappa shape index (κ3) is 9.00. The number of unbranched alkanes of at least 4 members (excludes halogenated alkanes) is 1. The number of nitro groups is 1. The highest BCUT2D eigenvalue weighted by atomic mass is 16.6. The molecule has 362 valence electrons. The summed E-state index contributed by atoms with van der Waals surface area (Å²) in [5.74, 6) is -1.75. The maximum absolute atomic E-state index is 14.0. The minimum absolute atomic E-state index is 0.0289. The lowest BCUT2D eigenvalue weighted by atomic mass is 9.82. The van der Waals surface area contributed by atoms with Crippen molar-refractivity contribution in [2.24, 2.45) is 12.5 Å². The standard InChI is InChI=1S/C50H55N13O7/c1-31-23-35(59-20-16-49(2,28-59)32-9-5-4-6-10-32)27-62-45(31)55-44(57-62)48(68)61-22-18-50(30-61)17-21-60(29-50)40-26-34(63(69)70)25-38(53-40)47(67)51-19-8-7-11-41(64)52-33-12-13-36-39(24-33)58(3)56-43(36)37-14-15-42(65)54-46(37)66/h4-6,9-10,12-13,23-27,37H,7-8,11,14-22,28-30H2,1-3H3,(H,51,67)(H,52,64)(H,54,65,66)/t37?,49-,50+/m0/s1. The maximum atomic E-state index is 14.0. The number of hydrogen-bond donors (Lipinski definition) is 3. The summed E-state index contributed by atoms with van der Waals surface area (Å²) < 4.78 is 3.37. The van der Waals surface area contributed by atoms with Crippen molar-refractivity contribution in [1.29, 1.82) is 0 Å². The monoisotopic (exact) mass is 949 g/mol. The number of fused-ring (bicyclic) bond motifs is 2. The molecule has 8 heterocycles. The van der Waals surface area contributed by atoms with Crippen molar-refractivity contribution in [2.45, 2.75) is 76.5 Å². The van der Waals surface area contributed by atoms with Crippen LogP contribution in [0.2, 0.25) is 0 Å². The molecule has 0 radical (unpaired) electrons. The van der Waals surface area contributed by atoms with Gasteiger partial charge in [-0.1, -0.05) is 37.3 Å². The molecule has 10 rings (SSSR count). The van der Waals surface area contributed by atoms with Crippen molar-refractivity contribution in [3.05, 3.63) is 111 Å². The van der Waals surface area contributed by atoms with Crippen LogP contribution in [-0.4, -0.2) is 115 Å². The number of anilines is 3. The number of hydrogen-bond acceptors (Lipinski definition) is 13. The number of likely N-dealkylation sites (tertiary alicyclic amines) is 1. The molecule has 4 saturated heterocycles. The first kappa shape index (κ1) is 46.0. The number of carbonyl (C=O) groups excluding carboxylic acids is 5. The molecule has 4 aromatic heterocycles. The summed E-state index contributed by atoms with van der Waals surface area (Å²) in [6.45, 7) is 8.34. The summed E-state index contributed by atoms with van der Waals surface area (Å²) in [7, 11) is 1.76. The van der Waals surface area contributed by atoms with Gasteiger partial charge >= 0.3 is 0 Å². The van der Waals surface area contributed by atoms with Gasteiger partial charge in [-0.2, -0.15) is 5.10 Å². The van der Waals surface area contributed by atoms with Crippen LogP contribution in [0.5, 0.6) is 0 Å². The van der Waals surface area contributed by atoms with E-state index in [-0.39, 0.29) is 71.1 Å². The number of benzene rings is 2. The van der Waals surface area contributed by atoms with Gasteiger partial charge in [0.1, 0.15) is 11.5 Å². The van der Waals surface area contributed by atoms with Gasteiger partial charge in [0.05, 0.1) is 40.0 Å². The quantitative estimate of drug-likeness (QED) is 0.0586. The van der Waals surface area contributed by atoms with Crippen molar-refractivity contribution in [3.63, 3.8) is 0 Å². The van der Waals surface area contributed by atoms with Gasteiger partial charge in [-0.25, -0.2) is 14.5 Å². The van der Waals surface area contributed by atoms with Gasteiger partial charge in [-0.3, -0.25) is 44.1 Å². The fourth-order valence-corrected chi connectivity index (χ4v) is 10.8. The molecule has 1 unspecified atom stereocenters. The molecule has 2 aromatic carbocycles. The van der Waals surface area contributed by atoms with E-state index in [1.165, 1.54) is 17.7 Å². The molecule has 4 aliphatic heterocycles. The van der Waals surface area contributed by atoms with Crippen molar-refractivity contribution in [3.8, 4) is 0 Å². The Hall–Kier alpha value is -7.77. The van der Waals surface area contributed by atoms with E-state index >= 15 is 0 Å². The van der Waals surface area contributed by atoms with E-state index in [0.717, 1.165) is 54.5 Å². The van der Waals surface area contributed by atoms with Crippen LogP contribution in [-0.2, 0) is 26.8 Å². The molecule has 1 spiro atoms. The second-order valence-corrected chi connectivity index (χ2v) is 19.7. The molecule has 0 aliphatic carbocycles. The van der Waals surface area contributed by atoms with Crippen LogP contribution >= 0.6 is 0 Å². The average Bonchev–Trinajstić information content (AvgIpc) is 4.21. The first-order valence-electron chi connectivity index (χ1n) is 23.9. The van der Waals surface area contributed by atoms with Crippen LogP contribution in [0.4, 0.5) is 22.9 Å². The Balaban J connectivity index is 0.718. The first-order chi connectivity index (χ1) is 33.6. The van der Waals surface area contributed by atoms with Crippen LogP contribution in [0.25, 0.3) is 16.6 Å². The number of carbonyl (C=O) groups is 5. The van der Waals surface area contributed by atoms with Crippen LogP contribution in [0, 0.1) is 22.5 Å². The summed E-state index contributed by atoms with van der Waals surface area (Å²) >= 11 is 0. The number of aryl methyl sites for hydroxylation is 2. The van der Waals surface area contributed by atoms with Crippen LogP contribution < -0.4 is 25.8 Å². The van der Waals surface area contributed by atoms with Gasteiger partial charge in [-0.15, -0.1) is 5.10 Å². The third-order valence-electron chi connectivity index (χ3n) is 14.7. The zero-order valence-electron chi connectivity index (χ0n) is 39.4. The molecule has 0 saturated carbocycles. The second kappa shape index (κ2) is 18.3. The minimum Gasteiger partial charge on any atom is -0.369 e. The summed E-state index contributed by atoms with van der Waals surface area (Å²) in [6, 6.07) is 20.6. The van der Waals surface area contributed by atoms with E-state index < -0.39 is 16.7 Å². The van der Waals surface area contributed by atoms with Gasteiger partial charge < -0.3 is 25.3 Å². The number of aromatic nitrogens is 6. The van der Waals surface area contributed by atoms with Crippen molar-refractivity contribution < 1.29 is 28.9 Å². The maximum Gasteiger partial charge on any atom is 0.293 e. The fourth-order valence-electron chi connectivity index (χ4n) is 10.8. The highest BCUT2D eigenvalue weighted by Gasteiger charge is 2.46. The molecule has 3 atom stereocenters. The lowest BCUT2D eigenvalue weighted by molar-refractivity contribution is -0.384. The van der Waals surface area contributed by atoms with Crippen LogP contribution in [0.1, 0.15) is 102 Å². The minimum atomic E-state index is -0.560. The summed E-state index contributed by atoms with van der Waals surface area (Å²) in [5.41, 5.74) is 5.23. The van der Waals surface area contributed by atoms with E-state index in [0.29, 0.717) is 68.3 Å². The highest BCUT2D eigenvalue weighted by molar-refractivity contribution is 6.03. The van der Waals surface area contributed by atoms with Gasteiger partial charge in [0.2, 0.25) is 23.5 Å². The Morgan fingerprint density at radius 3 is 2.51 bits per heavy atom. The molecule has 20 heteroatoms. The Morgan fingerprint density at radius 1 is 0.914 bits per heavy atom. The first-order valence-corrected chi connectivity index (χ1v) is 23.9. The number of imide groups is 1. The molecule has 5 amide bonds. The Labute approximate surface area is 402 Å². The smallest absolute Gasteiger partial charge is 0.293 e. The number of rotatable bonds is 13. The zero-order valence-corrected chi connectivity index (χ0v) is 39.4. The molecule has 20 nitrogen and oxygen atoms in total. The molecule has 70 heavy (non-hydrogen) atoms. The summed E-state index contributed by atoms with van der Waals surface area (Å²) in [5, 5.41) is 30.1. The largest absolute Gasteiger partial charge is 0.369 e. The number of pyridine rings is 2. The molecular formula is C50H55N13O7. The fraction of sp³-hybridized carbons (Fsp3) is 0.420. The van der Waals surface area contributed by atoms with E-state index in [2.05, 4.69) is 73.3 Å². The third-order valence-corrected chi connectivity index (χ3v) is 14.7. The summed E-state index contributed by atoms with van der Waals surface area (Å²) in [6.07, 6.45) is 6.19.